The number of ether oxygens (including phenoxy) is 2. The molecule has 2 N–H and O–H groups in total. The molecule has 0 spiro atoms. The molecule has 4 heteroatoms. The van der Waals surface area contributed by atoms with Crippen molar-refractivity contribution in [3.63, 3.8) is 0 Å². The number of rotatable bonds is 7. The predicted octanol–water partition coefficient (Wildman–Crippen LogP) is 2.06. The van der Waals surface area contributed by atoms with E-state index < -0.39 is 0 Å². The number of nitrogen functional groups attached to an aromatic ring is 1. The molecule has 0 saturated heterocycles. The van der Waals surface area contributed by atoms with Gasteiger partial charge in [-0.25, -0.2) is 0 Å². The number of aryl methyl sites for hydroxylation is 1. The van der Waals surface area contributed by atoms with Gasteiger partial charge in [-0.15, -0.1) is 0 Å². The highest BCUT2D eigenvalue weighted by Gasteiger charge is 2.14. The maximum absolute atomic E-state index is 5.97. The third kappa shape index (κ3) is 3.89. The maximum Gasteiger partial charge on any atom is 0.0663 e. The van der Waals surface area contributed by atoms with Gasteiger partial charge in [-0.2, -0.15) is 0 Å². The van der Waals surface area contributed by atoms with E-state index in [0.29, 0.717) is 13.2 Å². The van der Waals surface area contributed by atoms with E-state index in [0.717, 1.165) is 23.5 Å². The molecule has 0 aliphatic heterocycles. The summed E-state index contributed by atoms with van der Waals surface area (Å²) in [7, 11) is 3.43. The summed E-state index contributed by atoms with van der Waals surface area (Å²) in [5.74, 6) is 0. The van der Waals surface area contributed by atoms with Crippen LogP contribution in [0.25, 0.3) is 0 Å². The molecular formula is C14H24N2O2. The molecule has 1 aromatic rings. The molecule has 0 aromatic heterocycles. The Balaban J connectivity index is 2.89. The second-order valence-electron chi connectivity index (χ2n) is 4.53. The van der Waals surface area contributed by atoms with E-state index in [2.05, 4.69) is 17.9 Å². The van der Waals surface area contributed by atoms with E-state index in [1.165, 1.54) is 0 Å². The Morgan fingerprint density at radius 1 is 1.28 bits per heavy atom. The van der Waals surface area contributed by atoms with E-state index in [1.807, 2.05) is 19.1 Å². The molecule has 4 nitrogen and oxygen atoms in total. The van der Waals surface area contributed by atoms with Crippen LogP contribution in [0.5, 0.6) is 0 Å². The molecule has 0 saturated carbocycles. The van der Waals surface area contributed by atoms with Crippen LogP contribution in [0.4, 0.5) is 11.4 Å². The van der Waals surface area contributed by atoms with Crippen molar-refractivity contribution < 1.29 is 9.47 Å². The molecule has 1 atom stereocenters. The number of nitrogens with zero attached hydrogens (tertiary/aromatic N) is 1. The van der Waals surface area contributed by atoms with Gasteiger partial charge < -0.3 is 20.1 Å². The average Bonchev–Trinajstić information content (AvgIpc) is 2.34. The molecule has 0 radical (unpaired) electrons. The summed E-state index contributed by atoms with van der Waals surface area (Å²) in [6.45, 7) is 6.33. The van der Waals surface area contributed by atoms with Crippen LogP contribution >= 0.6 is 0 Å². The van der Waals surface area contributed by atoms with Gasteiger partial charge in [-0.05, 0) is 31.5 Å². The minimum absolute atomic E-state index is 0.284. The maximum atomic E-state index is 5.97. The van der Waals surface area contributed by atoms with Crippen LogP contribution in [0.3, 0.4) is 0 Å². The highest BCUT2D eigenvalue weighted by atomic mass is 16.5. The fraction of sp³-hybridized carbons (Fsp3) is 0.571. The van der Waals surface area contributed by atoms with E-state index >= 15 is 0 Å². The molecule has 0 aliphatic carbocycles. The van der Waals surface area contributed by atoms with Gasteiger partial charge in [0.15, 0.2) is 0 Å². The topological polar surface area (TPSA) is 47.7 Å². The van der Waals surface area contributed by atoms with Gasteiger partial charge in [0.05, 0.1) is 13.2 Å². The standard InChI is InChI=1S/C14H24N2O2/c1-11-5-6-13(9-14(11)15)16(7-8-17-3)12(2)10-18-4/h5-6,9,12H,7-8,10,15H2,1-4H3. The van der Waals surface area contributed by atoms with Crippen LogP contribution in [0, 0.1) is 6.92 Å². The molecule has 18 heavy (non-hydrogen) atoms. The summed E-state index contributed by atoms with van der Waals surface area (Å²) < 4.78 is 10.4. The van der Waals surface area contributed by atoms with E-state index in [4.69, 9.17) is 15.2 Å². The van der Waals surface area contributed by atoms with Crippen LogP contribution in [0.15, 0.2) is 18.2 Å². The number of hydrogen-bond acceptors (Lipinski definition) is 4. The summed E-state index contributed by atoms with van der Waals surface area (Å²) >= 11 is 0. The average molecular weight is 252 g/mol. The number of benzene rings is 1. The summed E-state index contributed by atoms with van der Waals surface area (Å²) in [6.07, 6.45) is 0. The number of nitrogens with two attached hydrogens (primary N) is 1. The van der Waals surface area contributed by atoms with Gasteiger partial charge in [-0.1, -0.05) is 6.07 Å². The first-order chi connectivity index (χ1) is 8.60. The highest BCUT2D eigenvalue weighted by molar-refractivity contribution is 5.60. The molecule has 102 valence electrons. The van der Waals surface area contributed by atoms with E-state index in [9.17, 15) is 0 Å². The Morgan fingerprint density at radius 2 is 2.00 bits per heavy atom. The smallest absolute Gasteiger partial charge is 0.0663 e. The molecule has 0 bridgehead atoms. The van der Waals surface area contributed by atoms with Crippen molar-refractivity contribution in [3.05, 3.63) is 23.8 Å². The van der Waals surface area contributed by atoms with Crippen LogP contribution in [-0.4, -0.2) is 40.0 Å². The molecular weight excluding hydrogens is 228 g/mol. The molecule has 0 fully saturated rings. The van der Waals surface area contributed by atoms with Gasteiger partial charge in [0.2, 0.25) is 0 Å². The zero-order valence-corrected chi connectivity index (χ0v) is 11.8. The Kier molecular flexibility index (Phi) is 5.95. The molecule has 1 aromatic carbocycles. The van der Waals surface area contributed by atoms with E-state index in [1.54, 1.807) is 14.2 Å². The molecule has 0 heterocycles. The van der Waals surface area contributed by atoms with Gasteiger partial charge in [0, 0.05) is 38.2 Å². The predicted molar refractivity (Wildman–Crippen MR) is 76.2 cm³/mol. The van der Waals surface area contributed by atoms with Gasteiger partial charge >= 0.3 is 0 Å². The minimum atomic E-state index is 0.284. The molecule has 1 unspecified atom stereocenters. The third-order valence-electron chi connectivity index (χ3n) is 3.07. The lowest BCUT2D eigenvalue weighted by Crippen LogP contribution is -2.38. The molecule has 1 rings (SSSR count). The summed E-state index contributed by atoms with van der Waals surface area (Å²) in [6, 6.07) is 6.43. The van der Waals surface area contributed by atoms with Gasteiger partial charge in [-0.3, -0.25) is 0 Å². The summed E-state index contributed by atoms with van der Waals surface area (Å²) in [4.78, 5) is 2.25. The van der Waals surface area contributed by atoms with Crippen LogP contribution in [0.2, 0.25) is 0 Å². The minimum Gasteiger partial charge on any atom is -0.398 e. The largest absolute Gasteiger partial charge is 0.398 e. The Labute approximate surface area is 110 Å². The van der Waals surface area contributed by atoms with Crippen molar-refractivity contribution in [1.29, 1.82) is 0 Å². The summed E-state index contributed by atoms with van der Waals surface area (Å²) in [5.41, 5.74) is 9.00. The second kappa shape index (κ2) is 7.24. The number of anilines is 2. The Bertz CT molecular complexity index is 369. The third-order valence-corrected chi connectivity index (χ3v) is 3.07. The molecule has 0 amide bonds. The Hall–Kier alpha value is -1.26. The SMILES string of the molecule is COCCN(c1ccc(C)c(N)c1)C(C)COC. The van der Waals surface area contributed by atoms with Crippen molar-refractivity contribution in [1.82, 2.24) is 0 Å². The van der Waals surface area contributed by atoms with Crippen LogP contribution < -0.4 is 10.6 Å². The van der Waals surface area contributed by atoms with E-state index in [-0.39, 0.29) is 6.04 Å². The van der Waals surface area contributed by atoms with Gasteiger partial charge in [0.1, 0.15) is 0 Å². The lowest BCUT2D eigenvalue weighted by atomic mass is 10.1. The second-order valence-corrected chi connectivity index (χ2v) is 4.53. The fourth-order valence-electron chi connectivity index (χ4n) is 1.93. The van der Waals surface area contributed by atoms with Crippen molar-refractivity contribution in [2.45, 2.75) is 19.9 Å². The van der Waals surface area contributed by atoms with Crippen molar-refractivity contribution in [2.24, 2.45) is 0 Å². The fourth-order valence-corrected chi connectivity index (χ4v) is 1.93. The van der Waals surface area contributed by atoms with Crippen molar-refractivity contribution in [2.75, 3.05) is 44.6 Å². The van der Waals surface area contributed by atoms with Crippen LogP contribution in [-0.2, 0) is 9.47 Å². The lowest BCUT2D eigenvalue weighted by Gasteiger charge is -2.31. The number of methoxy groups -OCH3 is 2. The van der Waals surface area contributed by atoms with Crippen LogP contribution in [0.1, 0.15) is 12.5 Å². The first kappa shape index (κ1) is 14.8. The lowest BCUT2D eigenvalue weighted by molar-refractivity contribution is 0.171. The zero-order valence-electron chi connectivity index (χ0n) is 11.8. The quantitative estimate of drug-likeness (QED) is 0.755. The number of hydrogen-bond donors (Lipinski definition) is 1. The van der Waals surface area contributed by atoms with Crippen molar-refractivity contribution in [3.8, 4) is 0 Å². The van der Waals surface area contributed by atoms with Gasteiger partial charge in [0.25, 0.3) is 0 Å². The zero-order chi connectivity index (χ0) is 13.5. The monoisotopic (exact) mass is 252 g/mol. The normalized spacial score (nSPS) is 12.4. The highest BCUT2D eigenvalue weighted by Crippen LogP contribution is 2.22. The first-order valence-corrected chi connectivity index (χ1v) is 6.20. The summed E-state index contributed by atoms with van der Waals surface area (Å²) in [5, 5.41) is 0. The van der Waals surface area contributed by atoms with Crippen molar-refractivity contribution >= 4 is 11.4 Å². The molecule has 0 aliphatic rings. The first-order valence-electron chi connectivity index (χ1n) is 6.20. The Morgan fingerprint density at radius 3 is 2.56 bits per heavy atom.